The average Bonchev–Trinajstić information content (AvgIpc) is 2.15. The fraction of sp³-hybridized carbons (Fsp3) is 0.0806. The average molecular weight is 1220 g/mol. The molecule has 14 rings (SSSR count). The SMILES string of the molecule is COc1ccc(-c2ccccc2)cc1Nc1nc(N)nc2[nH]nc(-c3occc3-c3cc(/C(N)=C/SSC)cc(Nc4ncnc5[nH]nc(-c6occc6-c6cc(-c7sccc7C)cc(Nc7ncnc8[nH]nc(-c9ccco9)c78)c6OC)c45)c3OC)c12. The molecule has 0 saturated carbocycles. The van der Waals surface area contributed by atoms with Gasteiger partial charge in [0, 0.05) is 43.8 Å². The van der Waals surface area contributed by atoms with Gasteiger partial charge in [0.05, 0.1) is 73.3 Å². The number of aromatic nitrogens is 12. The van der Waals surface area contributed by atoms with Crippen LogP contribution in [0.3, 0.4) is 0 Å². The highest BCUT2D eigenvalue weighted by Crippen LogP contribution is 2.50. The van der Waals surface area contributed by atoms with Crippen LogP contribution >= 0.6 is 32.9 Å². The molecule has 0 spiro atoms. The number of anilines is 7. The van der Waals surface area contributed by atoms with Crippen molar-refractivity contribution in [3.63, 3.8) is 0 Å². The molecule has 0 unspecified atom stereocenters. The van der Waals surface area contributed by atoms with E-state index in [0.717, 1.165) is 27.1 Å². The summed E-state index contributed by atoms with van der Waals surface area (Å²) in [4.78, 5) is 29.0. The maximum atomic E-state index is 6.94. The van der Waals surface area contributed by atoms with Gasteiger partial charge in [-0.25, -0.2) is 19.9 Å². The number of H-pyrrole nitrogens is 3. The first-order valence-electron chi connectivity index (χ1n) is 27.0. The van der Waals surface area contributed by atoms with Crippen LogP contribution in [0.25, 0.3) is 117 Å². The lowest BCUT2D eigenvalue weighted by atomic mass is 9.97. The normalized spacial score (nSPS) is 11.7. The highest BCUT2D eigenvalue weighted by atomic mass is 33.1. The molecule has 0 saturated heterocycles. The van der Waals surface area contributed by atoms with Gasteiger partial charge in [0.1, 0.15) is 64.4 Å². The van der Waals surface area contributed by atoms with Crippen molar-refractivity contribution in [3.05, 3.63) is 156 Å². The molecule has 14 aromatic rings. The van der Waals surface area contributed by atoms with E-state index >= 15 is 0 Å². The van der Waals surface area contributed by atoms with Crippen LogP contribution in [0.4, 0.5) is 40.5 Å². The Balaban J connectivity index is 0.878. The molecular weight excluding hydrogens is 1170 g/mol. The lowest BCUT2D eigenvalue weighted by molar-refractivity contribution is 0.417. The van der Waals surface area contributed by atoms with E-state index in [1.807, 2.05) is 96.6 Å². The Labute approximate surface area is 511 Å². The van der Waals surface area contributed by atoms with E-state index in [2.05, 4.69) is 75.7 Å². The summed E-state index contributed by atoms with van der Waals surface area (Å²) in [6, 6.07) is 33.3. The molecule has 10 heterocycles. The Kier molecular flexibility index (Phi) is 14.4. The summed E-state index contributed by atoms with van der Waals surface area (Å²) in [5.41, 5.74) is 25.3. The molecule has 0 atom stereocenters. The van der Waals surface area contributed by atoms with Crippen LogP contribution in [0, 0.1) is 6.92 Å². The molecule has 436 valence electrons. The summed E-state index contributed by atoms with van der Waals surface area (Å²) in [6.45, 7) is 2.08. The number of rotatable bonds is 19. The van der Waals surface area contributed by atoms with E-state index < -0.39 is 0 Å². The Morgan fingerprint density at radius 2 is 1.20 bits per heavy atom. The van der Waals surface area contributed by atoms with Crippen LogP contribution in [0.15, 0.2) is 159 Å². The van der Waals surface area contributed by atoms with Gasteiger partial charge < -0.3 is 54.9 Å². The number of aryl methyl sites for hydroxylation is 1. The maximum absolute atomic E-state index is 6.94. The molecule has 0 radical (unpaired) electrons. The van der Waals surface area contributed by atoms with Gasteiger partial charge in [-0.05, 0) is 108 Å². The second-order valence-electron chi connectivity index (χ2n) is 19.7. The van der Waals surface area contributed by atoms with Crippen molar-refractivity contribution in [2.24, 2.45) is 5.73 Å². The van der Waals surface area contributed by atoms with Crippen LogP contribution in [-0.4, -0.2) is 88.1 Å². The Hall–Kier alpha value is -11.1. The Morgan fingerprint density at radius 3 is 1.84 bits per heavy atom. The topological polar surface area (TPSA) is 319 Å². The predicted octanol–water partition coefficient (Wildman–Crippen LogP) is 14.6. The number of nitrogen functional groups attached to an aromatic ring is 1. The third-order valence-corrected chi connectivity index (χ3v) is 17.1. The number of aromatic amines is 3. The van der Waals surface area contributed by atoms with Gasteiger partial charge in [-0.3, -0.25) is 15.3 Å². The number of thiophene rings is 1. The summed E-state index contributed by atoms with van der Waals surface area (Å²) in [5.74, 6) is 3.97. The minimum Gasteiger partial charge on any atom is -0.495 e. The maximum Gasteiger partial charge on any atom is 0.224 e. The van der Waals surface area contributed by atoms with Crippen molar-refractivity contribution in [3.8, 4) is 95.4 Å². The summed E-state index contributed by atoms with van der Waals surface area (Å²) in [7, 11) is 7.85. The molecule has 88 heavy (non-hydrogen) atoms. The molecule has 23 nitrogen and oxygen atoms in total. The molecule has 10 N–H and O–H groups in total. The molecule has 26 heteroatoms. The third-order valence-electron chi connectivity index (χ3n) is 14.6. The van der Waals surface area contributed by atoms with E-state index in [1.165, 1.54) is 23.4 Å². The second kappa shape index (κ2) is 23.1. The smallest absolute Gasteiger partial charge is 0.224 e. The minimum atomic E-state index is 0.0123. The highest BCUT2D eigenvalue weighted by Gasteiger charge is 2.29. The largest absolute Gasteiger partial charge is 0.495 e. The predicted molar refractivity (Wildman–Crippen MR) is 346 cm³/mol. The van der Waals surface area contributed by atoms with Crippen LogP contribution in [0.1, 0.15) is 11.1 Å². The minimum absolute atomic E-state index is 0.0123. The molecule has 0 bridgehead atoms. The fourth-order valence-electron chi connectivity index (χ4n) is 10.7. The fourth-order valence-corrected chi connectivity index (χ4v) is 12.5. The zero-order chi connectivity index (χ0) is 60.0. The number of nitrogens with two attached hydrogens (primary N) is 2. The monoisotopic (exact) mass is 1220 g/mol. The number of hydrogen-bond acceptors (Lipinski definition) is 23. The van der Waals surface area contributed by atoms with Gasteiger partial charge in [-0.15, -0.1) is 11.3 Å². The zero-order valence-electron chi connectivity index (χ0n) is 47.2. The number of benzene rings is 4. The summed E-state index contributed by atoms with van der Waals surface area (Å²) >= 11 is 1.62. The Morgan fingerprint density at radius 1 is 0.580 bits per heavy atom. The van der Waals surface area contributed by atoms with Crippen LogP contribution in [0.2, 0.25) is 0 Å². The van der Waals surface area contributed by atoms with E-state index in [4.69, 9.17) is 64.1 Å². The number of ether oxygens (including phenoxy) is 3. The second-order valence-corrected chi connectivity index (χ2v) is 23.0. The summed E-state index contributed by atoms with van der Waals surface area (Å²) in [6.07, 6.45) is 9.66. The van der Waals surface area contributed by atoms with Gasteiger partial charge in [0.25, 0.3) is 0 Å². The molecule has 0 fully saturated rings. The van der Waals surface area contributed by atoms with Gasteiger partial charge in [-0.2, -0.15) is 25.3 Å². The van der Waals surface area contributed by atoms with Crippen LogP contribution in [0.5, 0.6) is 17.2 Å². The summed E-state index contributed by atoms with van der Waals surface area (Å²) < 4.78 is 37.2. The number of methoxy groups -OCH3 is 3. The van der Waals surface area contributed by atoms with Crippen molar-refractivity contribution in [1.82, 2.24) is 60.5 Å². The summed E-state index contributed by atoms with van der Waals surface area (Å²) in [5, 5.41) is 39.6. The molecule has 0 aliphatic carbocycles. The van der Waals surface area contributed by atoms with Crippen LogP contribution < -0.4 is 41.6 Å². The van der Waals surface area contributed by atoms with Crippen molar-refractivity contribution >= 4 is 112 Å². The number of nitrogens with one attached hydrogen (secondary N) is 6. The molecule has 0 aliphatic heterocycles. The van der Waals surface area contributed by atoms with Crippen molar-refractivity contribution in [2.45, 2.75) is 6.92 Å². The zero-order valence-corrected chi connectivity index (χ0v) is 49.7. The van der Waals surface area contributed by atoms with Gasteiger partial charge in [0.2, 0.25) is 5.95 Å². The molecule has 0 amide bonds. The van der Waals surface area contributed by atoms with E-state index in [9.17, 15) is 0 Å². The van der Waals surface area contributed by atoms with Gasteiger partial charge >= 0.3 is 0 Å². The van der Waals surface area contributed by atoms with Crippen molar-refractivity contribution in [2.75, 3.05) is 49.3 Å². The number of fused-ring (bicyclic) bond motifs is 3. The molecular formula is C62H49N17O6S3. The van der Waals surface area contributed by atoms with E-state index in [1.54, 1.807) is 68.3 Å². The molecule has 4 aromatic carbocycles. The molecule has 10 aromatic heterocycles. The highest BCUT2D eigenvalue weighted by molar-refractivity contribution is 8.77. The lowest BCUT2D eigenvalue weighted by Gasteiger charge is -2.18. The number of furan rings is 3. The standard InChI is InChI=1S/C62H49N17O6S3/c1-30-17-21-87-55(30)34-23-38(52(82-4)42(26-34)71-56-45-48(44-12-9-18-83-44)74-77-58(45)67-28-65-56)36-16-20-84-53(36)49-46-57(66-29-68-59(46)78-75-49)70-41-25-33(39(63)27-88-86-5)22-37(51(41)81-3)35-15-19-85-54(35)50-47-60(72-62(64)73-61(47)79-76-50)69-40-24-32(13-14-43(40)80-2)31-10-7-6-8-11-31/h6-29H,63H2,1-5H3,(H2,65,67,71,74,77)(H2,66,68,70,75,78)(H4,64,69,72,73,76,79)/b39-27-. The molecule has 0 aliphatic rings. The first-order valence-corrected chi connectivity index (χ1v) is 30.5. The van der Waals surface area contributed by atoms with E-state index in [-0.39, 0.29) is 5.95 Å². The van der Waals surface area contributed by atoms with Crippen molar-refractivity contribution < 1.29 is 27.5 Å². The third kappa shape index (κ3) is 9.84. The quantitative estimate of drug-likeness (QED) is 0.0349. The van der Waals surface area contributed by atoms with Gasteiger partial charge in [0.15, 0.2) is 34.2 Å². The van der Waals surface area contributed by atoms with Gasteiger partial charge in [-0.1, -0.05) is 58.0 Å². The van der Waals surface area contributed by atoms with E-state index in [0.29, 0.717) is 153 Å². The number of nitrogens with zero attached hydrogens (tertiary/aromatic N) is 9. The van der Waals surface area contributed by atoms with Crippen LogP contribution in [-0.2, 0) is 0 Å². The Bertz CT molecular complexity index is 4950. The first kappa shape index (κ1) is 54.8. The first-order chi connectivity index (χ1) is 43.2. The number of hydrogen-bond donors (Lipinski definition) is 8. The van der Waals surface area contributed by atoms with Crippen molar-refractivity contribution in [1.29, 1.82) is 0 Å². The lowest BCUT2D eigenvalue weighted by Crippen LogP contribution is -2.04.